The lowest BCUT2D eigenvalue weighted by atomic mass is 10.2. The van der Waals surface area contributed by atoms with E-state index in [1.165, 1.54) is 0 Å². The second-order valence-corrected chi connectivity index (χ2v) is 7.98. The Labute approximate surface area is 180 Å². The summed E-state index contributed by atoms with van der Waals surface area (Å²) in [6, 6.07) is 17.0. The molecule has 0 fully saturated rings. The van der Waals surface area contributed by atoms with Crippen molar-refractivity contribution in [1.82, 2.24) is 9.88 Å². The molecular formula is C23H26N2O4S. The van der Waals surface area contributed by atoms with E-state index in [-0.39, 0.29) is 12.3 Å². The van der Waals surface area contributed by atoms with Gasteiger partial charge < -0.3 is 19.7 Å². The van der Waals surface area contributed by atoms with Crippen LogP contribution in [0.5, 0.6) is 5.75 Å². The molecule has 30 heavy (non-hydrogen) atoms. The van der Waals surface area contributed by atoms with Crippen LogP contribution < -0.4 is 10.1 Å². The molecule has 3 rings (SSSR count). The van der Waals surface area contributed by atoms with Crippen LogP contribution in [-0.4, -0.2) is 39.6 Å². The van der Waals surface area contributed by atoms with Crippen LogP contribution in [0.2, 0.25) is 0 Å². The summed E-state index contributed by atoms with van der Waals surface area (Å²) in [5, 5.41) is 12.9. The summed E-state index contributed by atoms with van der Waals surface area (Å²) in [5.41, 5.74) is 2.07. The van der Waals surface area contributed by atoms with Crippen LogP contribution in [0.15, 0.2) is 60.8 Å². The summed E-state index contributed by atoms with van der Waals surface area (Å²) in [6.07, 6.45) is 4.47. The van der Waals surface area contributed by atoms with Crippen molar-refractivity contribution in [3.05, 3.63) is 66.4 Å². The third kappa shape index (κ3) is 6.03. The smallest absolute Gasteiger partial charge is 0.326 e. The van der Waals surface area contributed by atoms with Gasteiger partial charge in [0.15, 0.2) is 0 Å². The van der Waals surface area contributed by atoms with Crippen LogP contribution in [0.1, 0.15) is 18.4 Å². The minimum Gasteiger partial charge on any atom is -0.489 e. The molecule has 0 saturated heterocycles. The number of carbonyl (C=O) groups is 2. The van der Waals surface area contributed by atoms with Crippen molar-refractivity contribution in [2.45, 2.75) is 32.0 Å². The minimum atomic E-state index is -0.996. The van der Waals surface area contributed by atoms with Crippen LogP contribution in [0.4, 0.5) is 0 Å². The zero-order chi connectivity index (χ0) is 21.3. The molecule has 2 aromatic carbocycles. The van der Waals surface area contributed by atoms with E-state index < -0.39 is 12.0 Å². The molecule has 2 N–H and O–H groups in total. The second-order valence-electron chi connectivity index (χ2n) is 6.99. The molecule has 0 aliphatic heterocycles. The number of rotatable bonds is 11. The van der Waals surface area contributed by atoms with E-state index in [0.717, 1.165) is 22.2 Å². The molecule has 0 unspecified atom stereocenters. The summed E-state index contributed by atoms with van der Waals surface area (Å²) in [5.74, 6) is 0.190. The number of aryl methyl sites for hydroxylation is 1. The van der Waals surface area contributed by atoms with Gasteiger partial charge in [0.25, 0.3) is 0 Å². The number of thioether (sulfide) groups is 1. The fourth-order valence-corrected chi connectivity index (χ4v) is 3.64. The van der Waals surface area contributed by atoms with E-state index in [4.69, 9.17) is 4.74 Å². The number of carboxylic acids is 1. The number of aromatic nitrogens is 1. The van der Waals surface area contributed by atoms with Crippen LogP contribution in [-0.2, 0) is 22.7 Å². The number of hydrogen-bond donors (Lipinski definition) is 2. The molecule has 0 spiro atoms. The number of hydrogen-bond acceptors (Lipinski definition) is 4. The van der Waals surface area contributed by atoms with E-state index in [9.17, 15) is 14.7 Å². The lowest BCUT2D eigenvalue weighted by molar-refractivity contribution is -0.141. The summed E-state index contributed by atoms with van der Waals surface area (Å²) in [4.78, 5) is 23.6. The molecule has 1 aromatic heterocycles. The summed E-state index contributed by atoms with van der Waals surface area (Å²) >= 11 is 1.56. The van der Waals surface area contributed by atoms with Gasteiger partial charge in [-0.1, -0.05) is 30.3 Å². The maximum Gasteiger partial charge on any atom is 0.326 e. The third-order valence-electron chi connectivity index (χ3n) is 4.82. The highest BCUT2D eigenvalue weighted by atomic mass is 32.2. The van der Waals surface area contributed by atoms with Crippen molar-refractivity contribution in [1.29, 1.82) is 0 Å². The summed E-state index contributed by atoms with van der Waals surface area (Å²) < 4.78 is 7.89. The number of fused-ring (bicyclic) bond motifs is 1. The lowest BCUT2D eigenvalue weighted by Crippen LogP contribution is -2.41. The van der Waals surface area contributed by atoms with Gasteiger partial charge in [0, 0.05) is 25.2 Å². The highest BCUT2D eigenvalue weighted by Crippen LogP contribution is 2.23. The Balaban J connectivity index is 1.60. The van der Waals surface area contributed by atoms with Gasteiger partial charge in [-0.2, -0.15) is 11.8 Å². The van der Waals surface area contributed by atoms with Crippen LogP contribution in [0.25, 0.3) is 10.9 Å². The SMILES string of the molecule is CSCC[C@H](NC(=O)CCn1ccc2ccc(OCc3ccccc3)cc21)C(=O)O. The number of amides is 1. The average Bonchev–Trinajstić information content (AvgIpc) is 3.16. The van der Waals surface area contributed by atoms with E-state index in [0.29, 0.717) is 25.3 Å². The molecule has 6 nitrogen and oxygen atoms in total. The topological polar surface area (TPSA) is 80.6 Å². The Morgan fingerprint density at radius 1 is 1.17 bits per heavy atom. The van der Waals surface area contributed by atoms with Crippen LogP contribution >= 0.6 is 11.8 Å². The molecule has 1 heterocycles. The predicted octanol–water partition coefficient (Wildman–Crippen LogP) is 3.93. The van der Waals surface area contributed by atoms with Gasteiger partial charge in [-0.25, -0.2) is 4.79 Å². The quantitative estimate of drug-likeness (QED) is 0.486. The maximum atomic E-state index is 12.3. The first kappa shape index (κ1) is 21.8. The van der Waals surface area contributed by atoms with Crippen molar-refractivity contribution in [3.63, 3.8) is 0 Å². The number of nitrogens with one attached hydrogen (secondary N) is 1. The first-order chi connectivity index (χ1) is 14.6. The number of carbonyl (C=O) groups excluding carboxylic acids is 1. The fraction of sp³-hybridized carbons (Fsp3) is 0.304. The van der Waals surface area contributed by atoms with Gasteiger partial charge >= 0.3 is 5.97 Å². The van der Waals surface area contributed by atoms with Gasteiger partial charge in [0.05, 0.1) is 5.52 Å². The van der Waals surface area contributed by atoms with Gasteiger partial charge in [0.2, 0.25) is 5.91 Å². The van der Waals surface area contributed by atoms with E-state index in [1.54, 1.807) is 11.8 Å². The summed E-state index contributed by atoms with van der Waals surface area (Å²) in [7, 11) is 0. The first-order valence-electron chi connectivity index (χ1n) is 9.83. The van der Waals surface area contributed by atoms with Crippen LogP contribution in [0, 0.1) is 0 Å². The number of carboxylic acid groups (broad SMARTS) is 1. The Morgan fingerprint density at radius 2 is 1.97 bits per heavy atom. The Hall–Kier alpha value is -2.93. The standard InChI is InChI=1S/C23H26N2O4S/c1-30-14-11-20(23(27)28)24-22(26)10-13-25-12-9-18-7-8-19(15-21(18)25)29-16-17-5-3-2-4-6-17/h2-9,12,15,20H,10-11,13-14,16H2,1H3,(H,24,26)(H,27,28)/t20-/m0/s1. The Bertz CT molecular complexity index is 987. The maximum absolute atomic E-state index is 12.3. The number of nitrogens with zero attached hydrogens (tertiary/aromatic N) is 1. The zero-order valence-corrected chi connectivity index (χ0v) is 17.7. The molecule has 0 radical (unpaired) electrons. The molecule has 0 aliphatic rings. The molecule has 158 valence electrons. The molecule has 3 aromatic rings. The highest BCUT2D eigenvalue weighted by molar-refractivity contribution is 7.98. The first-order valence-corrected chi connectivity index (χ1v) is 11.2. The van der Waals surface area contributed by atoms with Crippen molar-refractivity contribution >= 4 is 34.5 Å². The van der Waals surface area contributed by atoms with Crippen molar-refractivity contribution in [3.8, 4) is 5.75 Å². The van der Waals surface area contributed by atoms with Crippen LogP contribution in [0.3, 0.4) is 0 Å². The monoisotopic (exact) mass is 426 g/mol. The van der Waals surface area contributed by atoms with E-state index >= 15 is 0 Å². The molecule has 1 atom stereocenters. The molecule has 7 heteroatoms. The molecule has 0 aliphatic carbocycles. The largest absolute Gasteiger partial charge is 0.489 e. The number of benzene rings is 2. The molecular weight excluding hydrogens is 400 g/mol. The molecule has 1 amide bonds. The van der Waals surface area contributed by atoms with E-state index in [2.05, 4.69) is 5.32 Å². The van der Waals surface area contributed by atoms with Gasteiger partial charge in [-0.3, -0.25) is 4.79 Å². The number of aliphatic carboxylic acids is 1. The molecule has 0 bridgehead atoms. The number of ether oxygens (including phenoxy) is 1. The van der Waals surface area contributed by atoms with Gasteiger partial charge in [0.1, 0.15) is 18.4 Å². The van der Waals surface area contributed by atoms with Gasteiger partial charge in [-0.15, -0.1) is 0 Å². The summed E-state index contributed by atoms with van der Waals surface area (Å²) in [6.45, 7) is 0.953. The fourth-order valence-electron chi connectivity index (χ4n) is 3.17. The highest BCUT2D eigenvalue weighted by Gasteiger charge is 2.19. The van der Waals surface area contributed by atoms with Gasteiger partial charge in [-0.05, 0) is 47.6 Å². The van der Waals surface area contributed by atoms with E-state index in [1.807, 2.05) is 71.6 Å². The van der Waals surface area contributed by atoms with Crippen molar-refractivity contribution < 1.29 is 19.4 Å². The predicted molar refractivity (Wildman–Crippen MR) is 120 cm³/mol. The van der Waals surface area contributed by atoms with Crippen molar-refractivity contribution in [2.75, 3.05) is 12.0 Å². The zero-order valence-electron chi connectivity index (χ0n) is 16.9. The lowest BCUT2D eigenvalue weighted by Gasteiger charge is -2.14. The normalized spacial score (nSPS) is 11.9. The second kappa shape index (κ2) is 10.7. The Morgan fingerprint density at radius 3 is 2.70 bits per heavy atom. The average molecular weight is 427 g/mol. The minimum absolute atomic E-state index is 0.210. The third-order valence-corrected chi connectivity index (χ3v) is 5.46. The van der Waals surface area contributed by atoms with Crippen molar-refractivity contribution in [2.24, 2.45) is 0 Å². The Kier molecular flexibility index (Phi) is 7.79. The molecule has 0 saturated carbocycles.